The molecule has 0 unspecified atom stereocenters. The van der Waals surface area contributed by atoms with Gasteiger partial charge in [-0.25, -0.2) is 0 Å². The smallest absolute Gasteiger partial charge is 0.312 e. The van der Waals surface area contributed by atoms with Gasteiger partial charge in [-0.05, 0) is 24.5 Å². The van der Waals surface area contributed by atoms with Crippen LogP contribution in [0.25, 0.3) is 0 Å². The van der Waals surface area contributed by atoms with E-state index < -0.39 is 29.5 Å². The van der Waals surface area contributed by atoms with E-state index in [2.05, 4.69) is 0 Å². The van der Waals surface area contributed by atoms with E-state index in [0.29, 0.717) is 12.8 Å². The predicted octanol–water partition coefficient (Wildman–Crippen LogP) is 1.58. The van der Waals surface area contributed by atoms with Crippen molar-refractivity contribution >= 4 is 23.5 Å². The van der Waals surface area contributed by atoms with Crippen LogP contribution in [-0.2, 0) is 23.9 Å². The van der Waals surface area contributed by atoms with E-state index in [9.17, 15) is 14.4 Å². The predicted molar refractivity (Wildman–Crippen MR) is 102 cm³/mol. The fourth-order valence-corrected chi connectivity index (χ4v) is 6.25. The second kappa shape index (κ2) is 5.69. The number of fused-ring (bicyclic) bond motifs is 4. The highest BCUT2D eigenvalue weighted by molar-refractivity contribution is 6.04. The molecule has 0 aliphatic carbocycles. The summed E-state index contributed by atoms with van der Waals surface area (Å²) in [5, 5.41) is 0. The monoisotopic (exact) mass is 394 g/mol. The van der Waals surface area contributed by atoms with Gasteiger partial charge in [0, 0.05) is 18.7 Å². The van der Waals surface area contributed by atoms with Gasteiger partial charge in [0.05, 0.1) is 31.2 Å². The number of para-hydroxylation sites is 1. The van der Waals surface area contributed by atoms with Crippen molar-refractivity contribution in [1.29, 1.82) is 0 Å². The van der Waals surface area contributed by atoms with Crippen molar-refractivity contribution in [2.75, 3.05) is 18.6 Å². The molecular formula is C22H22N2O5. The number of ether oxygens (including phenoxy) is 2. The van der Waals surface area contributed by atoms with E-state index in [1.165, 1.54) is 7.11 Å². The molecule has 5 aliphatic heterocycles. The number of carbonyl (C=O) groups excluding carboxylic acids is 3. The number of esters is 1. The summed E-state index contributed by atoms with van der Waals surface area (Å²) in [6.07, 6.45) is 5.48. The molecule has 2 bridgehead atoms. The Morgan fingerprint density at radius 2 is 2.10 bits per heavy atom. The Kier molecular flexibility index (Phi) is 3.38. The molecule has 6 rings (SSSR count). The van der Waals surface area contributed by atoms with Crippen molar-refractivity contribution in [2.45, 2.75) is 43.1 Å². The highest BCUT2D eigenvalue weighted by Crippen LogP contribution is 2.60. The number of hydrogen-bond donors (Lipinski definition) is 0. The van der Waals surface area contributed by atoms with Crippen molar-refractivity contribution in [3.8, 4) is 0 Å². The van der Waals surface area contributed by atoms with Gasteiger partial charge in [0.25, 0.3) is 0 Å². The van der Waals surface area contributed by atoms with Gasteiger partial charge in [0.15, 0.2) is 0 Å². The summed E-state index contributed by atoms with van der Waals surface area (Å²) >= 11 is 0. The summed E-state index contributed by atoms with van der Waals surface area (Å²) in [5.41, 5.74) is 0.984. The summed E-state index contributed by atoms with van der Waals surface area (Å²) in [7, 11) is 1.35. The lowest BCUT2D eigenvalue weighted by Gasteiger charge is -2.43. The lowest BCUT2D eigenvalue weighted by atomic mass is 9.73. The first kappa shape index (κ1) is 17.2. The Bertz CT molecular complexity index is 974. The molecule has 6 atom stereocenters. The zero-order chi connectivity index (χ0) is 19.9. The molecule has 3 fully saturated rings. The van der Waals surface area contributed by atoms with Gasteiger partial charge >= 0.3 is 5.97 Å². The minimum Gasteiger partial charge on any atom is -0.469 e. The molecule has 7 nitrogen and oxygen atoms in total. The lowest BCUT2D eigenvalue weighted by molar-refractivity contribution is -0.149. The third-order valence-electron chi connectivity index (χ3n) is 7.38. The topological polar surface area (TPSA) is 76.2 Å². The Morgan fingerprint density at radius 3 is 2.86 bits per heavy atom. The zero-order valence-electron chi connectivity index (χ0n) is 16.1. The van der Waals surface area contributed by atoms with Gasteiger partial charge in [-0.1, -0.05) is 30.4 Å². The summed E-state index contributed by atoms with van der Waals surface area (Å²) in [6.45, 7) is 0.735. The highest BCUT2D eigenvalue weighted by atomic mass is 16.5. The minimum absolute atomic E-state index is 0.0865. The van der Waals surface area contributed by atoms with Crippen molar-refractivity contribution < 1.29 is 23.9 Å². The SMILES string of the molecule is COC(=O)[C@H]1[C@@H]2C=C[C@]3(O2)[C@@H]2C[C@H](N4CCCC4=O)c4ccccc4N2C(=O)[C@@H]13. The number of anilines is 1. The second-order valence-corrected chi connectivity index (χ2v) is 8.55. The standard InChI is InChI=1S/C22H22N2O5/c1-28-21(27)18-15-8-9-22(29-15)16-11-14(23-10-4-7-17(23)25)12-5-2-3-6-13(12)24(16)20(26)19(18)22/h2-3,5-6,8-9,14-16,18-19H,4,7,10-11H2,1H3/t14-,15-,16-,18-,19+,22-/m0/s1. The molecule has 1 spiro atoms. The number of carbonyl (C=O) groups is 3. The molecule has 7 heteroatoms. The lowest BCUT2D eigenvalue weighted by Crippen LogP contribution is -2.50. The number of benzene rings is 1. The summed E-state index contributed by atoms with van der Waals surface area (Å²) in [6, 6.07) is 7.47. The zero-order valence-corrected chi connectivity index (χ0v) is 16.1. The average Bonchev–Trinajstić information content (AvgIpc) is 3.48. The normalized spacial score (nSPS) is 39.0. The first-order valence-corrected chi connectivity index (χ1v) is 10.2. The van der Waals surface area contributed by atoms with E-state index in [1.54, 1.807) is 0 Å². The van der Waals surface area contributed by atoms with Crippen LogP contribution in [-0.4, -0.2) is 54.1 Å². The van der Waals surface area contributed by atoms with Crippen LogP contribution in [0.15, 0.2) is 36.4 Å². The minimum atomic E-state index is -0.838. The maximum Gasteiger partial charge on any atom is 0.312 e. The maximum atomic E-state index is 13.6. The quantitative estimate of drug-likeness (QED) is 0.562. The summed E-state index contributed by atoms with van der Waals surface area (Å²) in [5.74, 6) is -1.54. The molecule has 1 aromatic carbocycles. The molecular weight excluding hydrogens is 372 g/mol. The second-order valence-electron chi connectivity index (χ2n) is 8.55. The molecule has 5 aliphatic rings. The van der Waals surface area contributed by atoms with Gasteiger partial charge < -0.3 is 19.3 Å². The number of hydrogen-bond acceptors (Lipinski definition) is 5. The number of rotatable bonds is 2. The van der Waals surface area contributed by atoms with Crippen LogP contribution in [0, 0.1) is 11.8 Å². The molecule has 3 saturated heterocycles. The van der Waals surface area contributed by atoms with E-state index in [0.717, 1.165) is 24.2 Å². The van der Waals surface area contributed by atoms with Gasteiger partial charge in [-0.3, -0.25) is 14.4 Å². The number of nitrogens with zero attached hydrogens (tertiary/aromatic N) is 2. The van der Waals surface area contributed by atoms with Crippen molar-refractivity contribution in [2.24, 2.45) is 11.8 Å². The molecule has 1 aromatic rings. The van der Waals surface area contributed by atoms with Crippen LogP contribution in [0.4, 0.5) is 5.69 Å². The Labute approximate surface area is 168 Å². The van der Waals surface area contributed by atoms with Crippen LogP contribution in [0.2, 0.25) is 0 Å². The highest BCUT2D eigenvalue weighted by Gasteiger charge is 2.72. The first-order valence-electron chi connectivity index (χ1n) is 10.2. The van der Waals surface area contributed by atoms with Gasteiger partial charge in [-0.2, -0.15) is 0 Å². The molecule has 2 amide bonds. The number of likely N-dealkylation sites (tertiary alicyclic amines) is 1. The Hall–Kier alpha value is -2.67. The van der Waals surface area contributed by atoms with E-state index in [-0.39, 0.29) is 23.9 Å². The first-order chi connectivity index (χ1) is 14.1. The van der Waals surface area contributed by atoms with Crippen molar-refractivity contribution in [3.63, 3.8) is 0 Å². The molecule has 0 radical (unpaired) electrons. The Morgan fingerprint density at radius 1 is 1.28 bits per heavy atom. The largest absolute Gasteiger partial charge is 0.469 e. The van der Waals surface area contributed by atoms with Crippen molar-refractivity contribution in [1.82, 2.24) is 4.90 Å². The maximum absolute atomic E-state index is 13.6. The molecule has 0 aromatic heterocycles. The summed E-state index contributed by atoms with van der Waals surface area (Å²) < 4.78 is 11.3. The van der Waals surface area contributed by atoms with E-state index in [1.807, 2.05) is 46.2 Å². The number of amides is 2. The fraction of sp³-hybridized carbons (Fsp3) is 0.500. The van der Waals surface area contributed by atoms with Crippen LogP contribution in [0.3, 0.4) is 0 Å². The van der Waals surface area contributed by atoms with Crippen LogP contribution in [0.1, 0.15) is 30.9 Å². The number of methoxy groups -OCH3 is 1. The van der Waals surface area contributed by atoms with Crippen LogP contribution >= 0.6 is 0 Å². The van der Waals surface area contributed by atoms with Gasteiger partial charge in [0.1, 0.15) is 11.5 Å². The molecule has 0 N–H and O–H groups in total. The summed E-state index contributed by atoms with van der Waals surface area (Å²) in [4.78, 5) is 42.4. The average molecular weight is 394 g/mol. The molecule has 150 valence electrons. The molecule has 0 saturated carbocycles. The van der Waals surface area contributed by atoms with Crippen molar-refractivity contribution in [3.05, 3.63) is 42.0 Å². The molecule has 5 heterocycles. The third-order valence-corrected chi connectivity index (χ3v) is 7.38. The van der Waals surface area contributed by atoms with E-state index >= 15 is 0 Å². The molecule has 29 heavy (non-hydrogen) atoms. The van der Waals surface area contributed by atoms with Gasteiger partial charge in [0.2, 0.25) is 11.8 Å². The van der Waals surface area contributed by atoms with Crippen LogP contribution in [0.5, 0.6) is 0 Å². The van der Waals surface area contributed by atoms with Gasteiger partial charge in [-0.15, -0.1) is 0 Å². The Balaban J connectivity index is 1.49. The van der Waals surface area contributed by atoms with E-state index in [4.69, 9.17) is 9.47 Å². The third kappa shape index (κ3) is 1.99. The fourth-order valence-electron chi connectivity index (χ4n) is 6.25. The van der Waals surface area contributed by atoms with Crippen LogP contribution < -0.4 is 4.90 Å².